The Morgan fingerprint density at radius 1 is 1.13 bits per heavy atom. The lowest BCUT2D eigenvalue weighted by atomic mass is 9.89. The van der Waals surface area contributed by atoms with Crippen LogP contribution >= 0.6 is 0 Å². The number of piperidine rings is 1. The summed E-state index contributed by atoms with van der Waals surface area (Å²) in [6.07, 6.45) is 2.29. The molecule has 1 aliphatic heterocycles. The maximum atomic E-state index is 12.0. The minimum atomic E-state index is -0.835. The first-order valence-corrected chi connectivity index (χ1v) is 8.32. The van der Waals surface area contributed by atoms with Crippen LogP contribution < -0.4 is 10.6 Å². The van der Waals surface area contributed by atoms with Crippen LogP contribution in [0.4, 0.5) is 0 Å². The largest absolute Gasteiger partial charge is 0.389 e. The lowest BCUT2D eigenvalue weighted by Crippen LogP contribution is -2.45. The summed E-state index contributed by atoms with van der Waals surface area (Å²) in [7, 11) is 0. The van der Waals surface area contributed by atoms with Crippen molar-refractivity contribution in [2.24, 2.45) is 0 Å². The van der Waals surface area contributed by atoms with Crippen molar-refractivity contribution in [1.82, 2.24) is 10.6 Å². The Kier molecular flexibility index (Phi) is 4.94. The van der Waals surface area contributed by atoms with Gasteiger partial charge in [0.1, 0.15) is 0 Å². The Labute approximate surface area is 136 Å². The zero-order valence-electron chi connectivity index (χ0n) is 13.3. The highest BCUT2D eigenvalue weighted by molar-refractivity contribution is 5.83. The molecule has 1 heterocycles. The Balaban J connectivity index is 1.49. The van der Waals surface area contributed by atoms with Crippen LogP contribution in [-0.2, 0) is 11.2 Å². The first-order chi connectivity index (χ1) is 11.1. The average Bonchev–Trinajstić information content (AvgIpc) is 2.55. The van der Waals surface area contributed by atoms with Gasteiger partial charge >= 0.3 is 0 Å². The maximum absolute atomic E-state index is 12.0. The van der Waals surface area contributed by atoms with Crippen LogP contribution in [0.5, 0.6) is 0 Å². The minimum absolute atomic E-state index is 0.0600. The third-order valence-corrected chi connectivity index (χ3v) is 4.57. The van der Waals surface area contributed by atoms with E-state index in [2.05, 4.69) is 41.0 Å². The fraction of sp³-hybridized carbons (Fsp3) is 0.421. The van der Waals surface area contributed by atoms with E-state index < -0.39 is 5.60 Å². The SMILES string of the molecule is O=C(CC1(O)CCNCC1)NCCc1ccc2ccccc2c1. The summed E-state index contributed by atoms with van der Waals surface area (Å²) in [6, 6.07) is 14.7. The van der Waals surface area contributed by atoms with Crippen molar-refractivity contribution in [3.8, 4) is 0 Å². The van der Waals surface area contributed by atoms with Gasteiger partial charge in [0, 0.05) is 6.54 Å². The summed E-state index contributed by atoms with van der Waals surface area (Å²) < 4.78 is 0. The molecule has 3 N–H and O–H groups in total. The summed E-state index contributed by atoms with van der Waals surface area (Å²) in [6.45, 7) is 2.16. The normalized spacial score (nSPS) is 17.1. The van der Waals surface area contributed by atoms with Crippen LogP contribution in [0.1, 0.15) is 24.8 Å². The van der Waals surface area contributed by atoms with Crippen molar-refractivity contribution < 1.29 is 9.90 Å². The molecule has 2 aromatic carbocycles. The van der Waals surface area contributed by atoms with Gasteiger partial charge in [-0.25, -0.2) is 0 Å². The number of carbonyl (C=O) groups excluding carboxylic acids is 1. The molecular formula is C19H24N2O2. The summed E-state index contributed by atoms with van der Waals surface area (Å²) in [4.78, 5) is 12.0. The highest BCUT2D eigenvalue weighted by atomic mass is 16.3. The minimum Gasteiger partial charge on any atom is -0.389 e. The molecule has 3 rings (SSSR count). The van der Waals surface area contributed by atoms with Crippen LogP contribution in [-0.4, -0.2) is 36.2 Å². The zero-order valence-corrected chi connectivity index (χ0v) is 13.3. The van der Waals surface area contributed by atoms with Gasteiger partial charge in [0.05, 0.1) is 12.0 Å². The van der Waals surface area contributed by atoms with Crippen molar-refractivity contribution in [2.45, 2.75) is 31.3 Å². The molecule has 0 aromatic heterocycles. The standard InChI is InChI=1S/C19H24N2O2/c22-18(14-19(23)8-11-20-12-9-19)21-10-7-15-5-6-16-3-1-2-4-17(16)13-15/h1-6,13,20,23H,7-12,14H2,(H,21,22). The van der Waals surface area contributed by atoms with Crippen LogP contribution in [0.15, 0.2) is 42.5 Å². The zero-order chi connectivity index (χ0) is 16.1. The van der Waals surface area contributed by atoms with Crippen molar-refractivity contribution in [1.29, 1.82) is 0 Å². The van der Waals surface area contributed by atoms with Crippen LogP contribution in [0, 0.1) is 0 Å². The molecule has 122 valence electrons. The van der Waals surface area contributed by atoms with E-state index in [1.165, 1.54) is 16.3 Å². The second-order valence-electron chi connectivity index (χ2n) is 6.43. The first-order valence-electron chi connectivity index (χ1n) is 8.32. The van der Waals surface area contributed by atoms with E-state index in [9.17, 15) is 9.90 Å². The summed E-state index contributed by atoms with van der Waals surface area (Å²) in [5.41, 5.74) is 0.378. The summed E-state index contributed by atoms with van der Waals surface area (Å²) in [5.74, 6) is -0.0600. The molecule has 0 unspecified atom stereocenters. The predicted octanol–water partition coefficient (Wildman–Crippen LogP) is 2.00. The fourth-order valence-electron chi connectivity index (χ4n) is 3.17. The molecule has 0 atom stereocenters. The van der Waals surface area contributed by atoms with Crippen molar-refractivity contribution in [3.05, 3.63) is 48.0 Å². The third-order valence-electron chi connectivity index (χ3n) is 4.57. The molecule has 23 heavy (non-hydrogen) atoms. The number of rotatable bonds is 5. The number of nitrogens with one attached hydrogen (secondary N) is 2. The quantitative estimate of drug-likeness (QED) is 0.791. The maximum Gasteiger partial charge on any atom is 0.222 e. The number of amides is 1. The number of aliphatic hydroxyl groups is 1. The van der Waals surface area contributed by atoms with Crippen molar-refractivity contribution in [3.63, 3.8) is 0 Å². The molecule has 1 amide bonds. The van der Waals surface area contributed by atoms with Gasteiger partial charge in [0.2, 0.25) is 5.91 Å². The molecule has 0 aliphatic carbocycles. The molecule has 4 heteroatoms. The number of fused-ring (bicyclic) bond motifs is 1. The summed E-state index contributed by atoms with van der Waals surface area (Å²) >= 11 is 0. The van der Waals surface area contributed by atoms with Gasteiger partial charge in [-0.15, -0.1) is 0 Å². The van der Waals surface area contributed by atoms with E-state index in [1.54, 1.807) is 0 Å². The van der Waals surface area contributed by atoms with Crippen molar-refractivity contribution >= 4 is 16.7 Å². The average molecular weight is 312 g/mol. The van der Waals surface area contributed by atoms with Gasteiger partial charge in [-0.3, -0.25) is 4.79 Å². The Morgan fingerprint density at radius 3 is 2.65 bits per heavy atom. The van der Waals surface area contributed by atoms with Crippen LogP contribution in [0.25, 0.3) is 10.8 Å². The lowest BCUT2D eigenvalue weighted by Gasteiger charge is -2.31. The molecule has 2 aromatic rings. The molecule has 4 nitrogen and oxygen atoms in total. The van der Waals surface area contributed by atoms with Crippen LogP contribution in [0.2, 0.25) is 0 Å². The van der Waals surface area contributed by atoms with Gasteiger partial charge in [0.15, 0.2) is 0 Å². The molecule has 1 fully saturated rings. The Morgan fingerprint density at radius 2 is 1.87 bits per heavy atom. The first kappa shape index (κ1) is 16.0. The van der Waals surface area contributed by atoms with E-state index >= 15 is 0 Å². The Bertz CT molecular complexity index is 678. The molecule has 0 spiro atoms. The van der Waals surface area contributed by atoms with E-state index in [4.69, 9.17) is 0 Å². The second kappa shape index (κ2) is 7.11. The Hall–Kier alpha value is -1.91. The monoisotopic (exact) mass is 312 g/mol. The topological polar surface area (TPSA) is 61.4 Å². The van der Waals surface area contributed by atoms with Gasteiger partial charge in [0.25, 0.3) is 0 Å². The van der Waals surface area contributed by atoms with Gasteiger partial charge in [-0.2, -0.15) is 0 Å². The third kappa shape index (κ3) is 4.30. The van der Waals surface area contributed by atoms with E-state index in [0.717, 1.165) is 19.5 Å². The van der Waals surface area contributed by atoms with E-state index in [1.807, 2.05) is 12.1 Å². The van der Waals surface area contributed by atoms with E-state index in [0.29, 0.717) is 19.4 Å². The molecular weight excluding hydrogens is 288 g/mol. The van der Waals surface area contributed by atoms with Crippen molar-refractivity contribution in [2.75, 3.05) is 19.6 Å². The molecule has 1 saturated heterocycles. The molecule has 0 bridgehead atoms. The number of carbonyl (C=O) groups is 1. The van der Waals surface area contributed by atoms with Gasteiger partial charge < -0.3 is 15.7 Å². The lowest BCUT2D eigenvalue weighted by molar-refractivity contribution is -0.127. The van der Waals surface area contributed by atoms with Crippen LogP contribution in [0.3, 0.4) is 0 Å². The smallest absolute Gasteiger partial charge is 0.222 e. The van der Waals surface area contributed by atoms with Gasteiger partial charge in [-0.05, 0) is 48.7 Å². The summed E-state index contributed by atoms with van der Waals surface area (Å²) in [5, 5.41) is 19.0. The highest BCUT2D eigenvalue weighted by Crippen LogP contribution is 2.21. The highest BCUT2D eigenvalue weighted by Gasteiger charge is 2.31. The number of hydrogen-bond donors (Lipinski definition) is 3. The number of hydrogen-bond acceptors (Lipinski definition) is 3. The van der Waals surface area contributed by atoms with Gasteiger partial charge in [-0.1, -0.05) is 42.5 Å². The number of benzene rings is 2. The second-order valence-corrected chi connectivity index (χ2v) is 6.43. The van der Waals surface area contributed by atoms with E-state index in [-0.39, 0.29) is 12.3 Å². The molecule has 0 radical (unpaired) electrons. The predicted molar refractivity (Wildman–Crippen MR) is 92.3 cm³/mol. The molecule has 1 aliphatic rings. The molecule has 0 saturated carbocycles. The fourth-order valence-corrected chi connectivity index (χ4v) is 3.17.